The summed E-state index contributed by atoms with van der Waals surface area (Å²) in [5.74, 6) is 0.810. The summed E-state index contributed by atoms with van der Waals surface area (Å²) < 4.78 is 5.37. The summed E-state index contributed by atoms with van der Waals surface area (Å²) in [5.41, 5.74) is 0.917. The van der Waals surface area contributed by atoms with Crippen molar-refractivity contribution in [2.24, 2.45) is 4.99 Å². The number of hydrogen-bond donors (Lipinski definition) is 1. The minimum Gasteiger partial charge on any atom is -0.504 e. The van der Waals surface area contributed by atoms with E-state index in [0.717, 1.165) is 12.0 Å². The number of rotatable bonds is 2. The lowest BCUT2D eigenvalue weighted by Crippen LogP contribution is -2.16. The Bertz CT molecular complexity index is 410. The molecular formula is C11H11NO3. The van der Waals surface area contributed by atoms with Gasteiger partial charge in [-0.25, -0.2) is 9.79 Å². The van der Waals surface area contributed by atoms with E-state index in [9.17, 15) is 9.90 Å². The highest BCUT2D eigenvalue weighted by Gasteiger charge is 2.23. The van der Waals surface area contributed by atoms with E-state index in [4.69, 9.17) is 4.74 Å². The Morgan fingerprint density at radius 3 is 3.27 bits per heavy atom. The number of para-hydroxylation sites is 1. The first-order valence-electron chi connectivity index (χ1n) is 4.81. The molecule has 15 heavy (non-hydrogen) atoms. The van der Waals surface area contributed by atoms with Crippen molar-refractivity contribution < 1.29 is 14.6 Å². The van der Waals surface area contributed by atoms with Crippen molar-refractivity contribution in [1.82, 2.24) is 0 Å². The van der Waals surface area contributed by atoms with Crippen LogP contribution in [0.2, 0.25) is 0 Å². The normalized spacial score (nSPS) is 18.5. The number of hydrogen-bond acceptors (Lipinski definition) is 4. The summed E-state index contributed by atoms with van der Waals surface area (Å²) in [6.07, 6.45) is 2.34. The first-order chi connectivity index (χ1) is 7.33. The molecule has 0 amide bonds. The maximum absolute atomic E-state index is 10.1. The Labute approximate surface area is 87.2 Å². The van der Waals surface area contributed by atoms with Crippen LogP contribution in [-0.2, 0) is 4.79 Å². The van der Waals surface area contributed by atoms with Crippen LogP contribution >= 0.6 is 0 Å². The molecule has 78 valence electrons. The molecule has 1 aliphatic heterocycles. The molecule has 0 aromatic heterocycles. The molecule has 0 bridgehead atoms. The monoisotopic (exact) mass is 205 g/mol. The molecule has 0 aliphatic carbocycles. The van der Waals surface area contributed by atoms with E-state index in [0.29, 0.717) is 18.9 Å². The highest BCUT2D eigenvalue weighted by molar-refractivity contribution is 5.48. The van der Waals surface area contributed by atoms with Crippen LogP contribution in [0.3, 0.4) is 0 Å². The molecule has 1 aliphatic rings. The minimum absolute atomic E-state index is 0.141. The van der Waals surface area contributed by atoms with Gasteiger partial charge in [0, 0.05) is 11.5 Å². The van der Waals surface area contributed by atoms with Crippen LogP contribution in [0.5, 0.6) is 11.5 Å². The predicted molar refractivity (Wildman–Crippen MR) is 53.9 cm³/mol. The van der Waals surface area contributed by atoms with Gasteiger partial charge in [0.15, 0.2) is 11.5 Å². The molecule has 1 aromatic carbocycles. The molecule has 0 saturated carbocycles. The van der Waals surface area contributed by atoms with Crippen LogP contribution in [0.1, 0.15) is 17.9 Å². The number of carbonyl (C=O) groups excluding carboxylic acids is 1. The van der Waals surface area contributed by atoms with Crippen LogP contribution in [0.15, 0.2) is 23.2 Å². The highest BCUT2D eigenvalue weighted by Crippen LogP contribution is 2.39. The van der Waals surface area contributed by atoms with Gasteiger partial charge in [0.05, 0.1) is 13.2 Å². The van der Waals surface area contributed by atoms with Crippen molar-refractivity contribution in [2.45, 2.75) is 12.3 Å². The molecule has 4 nitrogen and oxygen atoms in total. The van der Waals surface area contributed by atoms with Crippen molar-refractivity contribution in [2.75, 3.05) is 13.2 Å². The summed E-state index contributed by atoms with van der Waals surface area (Å²) in [6, 6.07) is 5.24. The number of aromatic hydroxyl groups is 1. The maximum atomic E-state index is 10.1. The summed E-state index contributed by atoms with van der Waals surface area (Å²) in [6.45, 7) is 0.951. The van der Waals surface area contributed by atoms with E-state index in [-0.39, 0.29) is 11.7 Å². The molecule has 1 atom stereocenters. The number of benzene rings is 1. The summed E-state index contributed by atoms with van der Waals surface area (Å²) in [7, 11) is 0. The van der Waals surface area contributed by atoms with E-state index in [2.05, 4.69) is 4.99 Å². The summed E-state index contributed by atoms with van der Waals surface area (Å²) >= 11 is 0. The fraction of sp³-hybridized carbons (Fsp3) is 0.364. The largest absolute Gasteiger partial charge is 0.504 e. The van der Waals surface area contributed by atoms with Gasteiger partial charge in [0.2, 0.25) is 6.08 Å². The van der Waals surface area contributed by atoms with E-state index >= 15 is 0 Å². The molecule has 0 radical (unpaired) electrons. The number of nitrogens with zero attached hydrogens (tertiary/aromatic N) is 1. The second-order valence-electron chi connectivity index (χ2n) is 3.46. The first-order valence-corrected chi connectivity index (χ1v) is 4.81. The van der Waals surface area contributed by atoms with E-state index < -0.39 is 0 Å². The van der Waals surface area contributed by atoms with Crippen molar-refractivity contribution in [3.8, 4) is 11.5 Å². The quantitative estimate of drug-likeness (QED) is 0.589. The van der Waals surface area contributed by atoms with Crippen LogP contribution in [0, 0.1) is 0 Å². The van der Waals surface area contributed by atoms with Crippen LogP contribution in [-0.4, -0.2) is 24.3 Å². The molecule has 1 unspecified atom stereocenters. The van der Waals surface area contributed by atoms with Crippen LogP contribution in [0.4, 0.5) is 0 Å². The topological polar surface area (TPSA) is 58.9 Å². The zero-order valence-electron chi connectivity index (χ0n) is 8.14. The molecule has 1 heterocycles. The zero-order valence-corrected chi connectivity index (χ0v) is 8.14. The Kier molecular flexibility index (Phi) is 2.70. The van der Waals surface area contributed by atoms with Crippen molar-refractivity contribution in [3.05, 3.63) is 23.8 Å². The molecule has 0 fully saturated rings. The van der Waals surface area contributed by atoms with Gasteiger partial charge in [0.25, 0.3) is 0 Å². The number of isocyanates is 1. The van der Waals surface area contributed by atoms with Crippen molar-refractivity contribution in [1.29, 1.82) is 0 Å². The predicted octanol–water partition coefficient (Wildman–Crippen LogP) is 1.59. The van der Waals surface area contributed by atoms with Gasteiger partial charge >= 0.3 is 0 Å². The lowest BCUT2D eigenvalue weighted by molar-refractivity contribution is 0.255. The van der Waals surface area contributed by atoms with Crippen molar-refractivity contribution >= 4 is 6.08 Å². The molecule has 2 rings (SSSR count). The zero-order chi connectivity index (χ0) is 10.7. The van der Waals surface area contributed by atoms with Gasteiger partial charge in [-0.1, -0.05) is 12.1 Å². The van der Waals surface area contributed by atoms with Crippen LogP contribution in [0.25, 0.3) is 0 Å². The Morgan fingerprint density at radius 2 is 2.47 bits per heavy atom. The fourth-order valence-corrected chi connectivity index (χ4v) is 1.82. The number of phenolic OH excluding ortho intramolecular Hbond substituents is 1. The Morgan fingerprint density at radius 1 is 1.60 bits per heavy atom. The summed E-state index contributed by atoms with van der Waals surface area (Å²) in [4.78, 5) is 13.6. The van der Waals surface area contributed by atoms with Crippen molar-refractivity contribution in [3.63, 3.8) is 0 Å². The second-order valence-corrected chi connectivity index (χ2v) is 3.46. The maximum Gasteiger partial charge on any atom is 0.234 e. The van der Waals surface area contributed by atoms with Gasteiger partial charge in [-0.3, -0.25) is 0 Å². The third-order valence-electron chi connectivity index (χ3n) is 2.55. The summed E-state index contributed by atoms with van der Waals surface area (Å²) in [5, 5.41) is 9.57. The highest BCUT2D eigenvalue weighted by atomic mass is 16.5. The third kappa shape index (κ3) is 1.85. The van der Waals surface area contributed by atoms with Gasteiger partial charge < -0.3 is 9.84 Å². The number of aliphatic imine (C=N–C) groups is 1. The average molecular weight is 205 g/mol. The molecule has 0 spiro atoms. The molecule has 0 saturated heterocycles. The van der Waals surface area contributed by atoms with Gasteiger partial charge in [-0.05, 0) is 12.5 Å². The van der Waals surface area contributed by atoms with Gasteiger partial charge in [-0.2, -0.15) is 0 Å². The Hall–Kier alpha value is -1.80. The smallest absolute Gasteiger partial charge is 0.234 e. The van der Waals surface area contributed by atoms with E-state index in [1.165, 1.54) is 6.08 Å². The Balaban J connectivity index is 2.33. The number of fused-ring (bicyclic) bond motifs is 1. The third-order valence-corrected chi connectivity index (χ3v) is 2.55. The molecule has 1 N–H and O–H groups in total. The average Bonchev–Trinajstić information content (AvgIpc) is 2.27. The van der Waals surface area contributed by atoms with Crippen LogP contribution < -0.4 is 4.74 Å². The second kappa shape index (κ2) is 4.15. The standard InChI is InChI=1S/C11H11NO3/c13-7-12-6-8-4-5-15-11-9(8)2-1-3-10(11)14/h1-3,8,14H,4-6H2. The van der Waals surface area contributed by atoms with E-state index in [1.54, 1.807) is 12.1 Å². The first kappa shape index (κ1) is 9.74. The minimum atomic E-state index is 0.141. The SMILES string of the molecule is O=C=NCC1CCOc2c(O)cccc21. The van der Waals surface area contributed by atoms with E-state index in [1.807, 2.05) is 6.07 Å². The molecule has 1 aromatic rings. The molecule has 4 heteroatoms. The van der Waals surface area contributed by atoms with Gasteiger partial charge in [-0.15, -0.1) is 0 Å². The molecular weight excluding hydrogens is 194 g/mol. The number of ether oxygens (including phenoxy) is 1. The lowest BCUT2D eigenvalue weighted by atomic mass is 9.93. The lowest BCUT2D eigenvalue weighted by Gasteiger charge is -2.24. The fourth-order valence-electron chi connectivity index (χ4n) is 1.82. The number of phenols is 1. The van der Waals surface area contributed by atoms with Gasteiger partial charge in [0.1, 0.15) is 0 Å².